The van der Waals surface area contributed by atoms with E-state index in [0.29, 0.717) is 24.7 Å². The SMILES string of the molecule is C=C(C)[C@]1(O)CC[C@@H]2[C@H]3CCC4=CC(=O)CC[C@]4(C)[C@@H]3[C@H](O)C[C@@]21C. The monoisotopic (exact) mass is 344 g/mol. The van der Waals surface area contributed by atoms with Gasteiger partial charge >= 0.3 is 0 Å². The van der Waals surface area contributed by atoms with Gasteiger partial charge in [-0.1, -0.05) is 26.0 Å². The molecule has 4 rings (SSSR count). The average Bonchev–Trinajstić information content (AvgIpc) is 2.80. The highest BCUT2D eigenvalue weighted by Crippen LogP contribution is 2.68. The molecule has 138 valence electrons. The lowest BCUT2D eigenvalue weighted by molar-refractivity contribution is -0.160. The number of aliphatic hydroxyl groups is 2. The normalized spacial score (nSPS) is 52.0. The van der Waals surface area contributed by atoms with Gasteiger partial charge in [-0.3, -0.25) is 4.79 Å². The number of carbonyl (C=O) groups is 1. The summed E-state index contributed by atoms with van der Waals surface area (Å²) >= 11 is 0. The summed E-state index contributed by atoms with van der Waals surface area (Å²) in [7, 11) is 0. The van der Waals surface area contributed by atoms with E-state index in [1.807, 2.05) is 13.0 Å². The van der Waals surface area contributed by atoms with Gasteiger partial charge in [-0.05, 0) is 80.3 Å². The maximum absolute atomic E-state index is 11.9. The van der Waals surface area contributed by atoms with Gasteiger partial charge in [0, 0.05) is 11.8 Å². The van der Waals surface area contributed by atoms with Crippen LogP contribution in [0.2, 0.25) is 0 Å². The molecular weight excluding hydrogens is 312 g/mol. The Balaban J connectivity index is 1.75. The molecule has 3 nitrogen and oxygen atoms in total. The van der Waals surface area contributed by atoms with E-state index < -0.39 is 11.7 Å². The molecule has 4 aliphatic carbocycles. The van der Waals surface area contributed by atoms with E-state index in [1.165, 1.54) is 5.57 Å². The minimum atomic E-state index is -0.858. The molecule has 3 heteroatoms. The lowest BCUT2D eigenvalue weighted by atomic mass is 9.45. The number of hydrogen-bond acceptors (Lipinski definition) is 3. The third kappa shape index (κ3) is 2.09. The Kier molecular flexibility index (Phi) is 3.70. The first-order valence-corrected chi connectivity index (χ1v) is 9.94. The van der Waals surface area contributed by atoms with Crippen molar-refractivity contribution >= 4 is 5.78 Å². The van der Waals surface area contributed by atoms with Gasteiger partial charge in [0.2, 0.25) is 0 Å². The topological polar surface area (TPSA) is 57.5 Å². The lowest BCUT2D eigenvalue weighted by Gasteiger charge is -2.60. The van der Waals surface area contributed by atoms with E-state index in [2.05, 4.69) is 20.4 Å². The van der Waals surface area contributed by atoms with Crippen LogP contribution in [-0.2, 0) is 4.79 Å². The first kappa shape index (κ1) is 17.5. The van der Waals surface area contributed by atoms with Crippen LogP contribution in [0.5, 0.6) is 0 Å². The van der Waals surface area contributed by atoms with Crippen molar-refractivity contribution in [2.24, 2.45) is 28.6 Å². The molecule has 0 spiro atoms. The Morgan fingerprint density at radius 2 is 1.96 bits per heavy atom. The maximum atomic E-state index is 11.9. The Labute approximate surface area is 151 Å². The first-order chi connectivity index (χ1) is 11.6. The van der Waals surface area contributed by atoms with Crippen molar-refractivity contribution in [3.8, 4) is 0 Å². The second-order valence-electron chi connectivity index (χ2n) is 9.76. The number of rotatable bonds is 1. The van der Waals surface area contributed by atoms with Crippen LogP contribution in [0.4, 0.5) is 0 Å². The van der Waals surface area contributed by atoms with E-state index >= 15 is 0 Å². The van der Waals surface area contributed by atoms with Gasteiger partial charge < -0.3 is 10.2 Å². The van der Waals surface area contributed by atoms with Crippen molar-refractivity contribution in [1.82, 2.24) is 0 Å². The highest BCUT2D eigenvalue weighted by molar-refractivity contribution is 5.91. The third-order valence-corrected chi connectivity index (χ3v) is 8.75. The Morgan fingerprint density at radius 3 is 2.64 bits per heavy atom. The number of aliphatic hydroxyl groups excluding tert-OH is 1. The second kappa shape index (κ2) is 5.29. The number of fused-ring (bicyclic) bond motifs is 5. The molecule has 7 atom stereocenters. The van der Waals surface area contributed by atoms with Crippen LogP contribution in [-0.4, -0.2) is 27.7 Å². The highest BCUT2D eigenvalue weighted by atomic mass is 16.3. The molecule has 0 heterocycles. The average molecular weight is 344 g/mol. The van der Waals surface area contributed by atoms with Crippen LogP contribution in [0.1, 0.15) is 65.7 Å². The van der Waals surface area contributed by atoms with Crippen LogP contribution in [0.15, 0.2) is 23.8 Å². The molecule has 2 N–H and O–H groups in total. The molecule has 0 unspecified atom stereocenters. The number of hydrogen-bond donors (Lipinski definition) is 2. The lowest BCUT2D eigenvalue weighted by Crippen LogP contribution is -2.60. The smallest absolute Gasteiger partial charge is 0.155 e. The van der Waals surface area contributed by atoms with Crippen molar-refractivity contribution < 1.29 is 15.0 Å². The van der Waals surface area contributed by atoms with Gasteiger partial charge in [0.05, 0.1) is 11.7 Å². The summed E-state index contributed by atoms with van der Waals surface area (Å²) in [6, 6.07) is 0. The molecule has 25 heavy (non-hydrogen) atoms. The summed E-state index contributed by atoms with van der Waals surface area (Å²) in [6.07, 6.45) is 7.34. The molecule has 0 bridgehead atoms. The Bertz CT molecular complexity index is 664. The molecule has 3 fully saturated rings. The molecule has 0 aromatic carbocycles. The minimum Gasteiger partial charge on any atom is -0.393 e. The predicted molar refractivity (Wildman–Crippen MR) is 97.9 cm³/mol. The summed E-state index contributed by atoms with van der Waals surface area (Å²) < 4.78 is 0. The summed E-state index contributed by atoms with van der Waals surface area (Å²) in [4.78, 5) is 11.9. The summed E-state index contributed by atoms with van der Waals surface area (Å²) in [6.45, 7) is 10.5. The Hall–Kier alpha value is -0.930. The molecule has 0 aromatic rings. The number of carbonyl (C=O) groups excluding carboxylic acids is 1. The summed E-state index contributed by atoms with van der Waals surface area (Å²) in [5.74, 6) is 1.32. The van der Waals surface area contributed by atoms with Crippen LogP contribution >= 0.6 is 0 Å². The van der Waals surface area contributed by atoms with Crippen LogP contribution in [0.3, 0.4) is 0 Å². The molecule has 0 aliphatic heterocycles. The zero-order chi connectivity index (χ0) is 18.2. The van der Waals surface area contributed by atoms with Gasteiger partial charge in [0.1, 0.15) is 0 Å². The standard InChI is InChI=1S/C22H32O3/c1-13(2)22(25)10-8-17-16-6-5-14-11-15(23)7-9-20(14,3)19(16)18(24)12-21(17,22)4/h11,16-19,24-25H,1,5-10,12H2,2-4H3/t16-,17-,18-,19+,20+,21+,22-/m1/s1. The molecule has 0 amide bonds. The van der Waals surface area contributed by atoms with E-state index in [-0.39, 0.29) is 22.5 Å². The number of allylic oxidation sites excluding steroid dienone is 1. The van der Waals surface area contributed by atoms with E-state index in [4.69, 9.17) is 0 Å². The van der Waals surface area contributed by atoms with Crippen molar-refractivity contribution in [1.29, 1.82) is 0 Å². The van der Waals surface area contributed by atoms with Crippen molar-refractivity contribution in [3.05, 3.63) is 23.8 Å². The molecular formula is C22H32O3. The predicted octanol–water partition coefficient (Wildman–Crippen LogP) is 3.80. The van der Waals surface area contributed by atoms with Crippen LogP contribution in [0, 0.1) is 28.6 Å². The minimum absolute atomic E-state index is 0.0541. The molecule has 0 radical (unpaired) electrons. The quantitative estimate of drug-likeness (QED) is 0.712. The number of ketones is 1. The fourth-order valence-corrected chi connectivity index (χ4v) is 7.39. The Morgan fingerprint density at radius 1 is 1.24 bits per heavy atom. The molecule has 0 saturated heterocycles. The highest BCUT2D eigenvalue weighted by Gasteiger charge is 2.66. The van der Waals surface area contributed by atoms with E-state index in [0.717, 1.165) is 37.7 Å². The fraction of sp³-hybridized carbons (Fsp3) is 0.773. The molecule has 0 aromatic heterocycles. The largest absolute Gasteiger partial charge is 0.393 e. The zero-order valence-electron chi connectivity index (χ0n) is 15.8. The van der Waals surface area contributed by atoms with Crippen LogP contribution in [0.25, 0.3) is 0 Å². The van der Waals surface area contributed by atoms with Gasteiger partial charge in [0.25, 0.3) is 0 Å². The summed E-state index contributed by atoms with van der Waals surface area (Å²) in [5.41, 5.74) is 0.904. The molecule has 3 saturated carbocycles. The van der Waals surface area contributed by atoms with Gasteiger partial charge in [-0.15, -0.1) is 0 Å². The van der Waals surface area contributed by atoms with Crippen molar-refractivity contribution in [2.75, 3.05) is 0 Å². The summed E-state index contributed by atoms with van der Waals surface area (Å²) in [5, 5.41) is 22.6. The van der Waals surface area contributed by atoms with E-state index in [9.17, 15) is 15.0 Å². The second-order valence-corrected chi connectivity index (χ2v) is 9.76. The maximum Gasteiger partial charge on any atom is 0.155 e. The van der Waals surface area contributed by atoms with Crippen molar-refractivity contribution in [2.45, 2.75) is 77.4 Å². The first-order valence-electron chi connectivity index (χ1n) is 9.94. The zero-order valence-corrected chi connectivity index (χ0v) is 15.8. The van der Waals surface area contributed by atoms with Gasteiger partial charge in [-0.25, -0.2) is 0 Å². The van der Waals surface area contributed by atoms with Crippen LogP contribution < -0.4 is 0 Å². The van der Waals surface area contributed by atoms with Gasteiger partial charge in [0.15, 0.2) is 5.78 Å². The molecule has 4 aliphatic rings. The van der Waals surface area contributed by atoms with Crippen molar-refractivity contribution in [3.63, 3.8) is 0 Å². The van der Waals surface area contributed by atoms with E-state index in [1.54, 1.807) is 0 Å². The third-order valence-electron chi connectivity index (χ3n) is 8.75. The van der Waals surface area contributed by atoms with Gasteiger partial charge in [-0.2, -0.15) is 0 Å². The fourth-order valence-electron chi connectivity index (χ4n) is 7.39.